The third-order valence-corrected chi connectivity index (χ3v) is 2.38. The highest BCUT2D eigenvalue weighted by Crippen LogP contribution is 2.19. The van der Waals surface area contributed by atoms with Crippen molar-refractivity contribution >= 4 is 5.97 Å². The normalized spacial score (nSPS) is 12.5. The van der Waals surface area contributed by atoms with Crippen molar-refractivity contribution in [1.29, 1.82) is 0 Å². The summed E-state index contributed by atoms with van der Waals surface area (Å²) >= 11 is 0. The minimum atomic E-state index is -0.246. The number of aryl methyl sites for hydroxylation is 2. The first-order valence-corrected chi connectivity index (χ1v) is 4.86. The van der Waals surface area contributed by atoms with Gasteiger partial charge in [-0.15, -0.1) is 0 Å². The van der Waals surface area contributed by atoms with E-state index >= 15 is 0 Å². The van der Waals surface area contributed by atoms with Crippen LogP contribution >= 0.6 is 0 Å². The Hall–Kier alpha value is -1.36. The van der Waals surface area contributed by atoms with Gasteiger partial charge in [0.1, 0.15) is 0 Å². The van der Waals surface area contributed by atoms with E-state index in [1.165, 1.54) is 7.11 Å². The lowest BCUT2D eigenvalue weighted by molar-refractivity contribution is -0.141. The predicted octanol–water partition coefficient (Wildman–Crippen LogP) is 0.334. The minimum absolute atomic E-state index is 0.0244. The Labute approximate surface area is 89.2 Å². The van der Waals surface area contributed by atoms with Gasteiger partial charge < -0.3 is 10.5 Å². The number of carbonyl (C=O) groups excluding carboxylic acids is 1. The molecule has 84 valence electrons. The molecule has 2 N–H and O–H groups in total. The Bertz CT molecular complexity index is 346. The van der Waals surface area contributed by atoms with Gasteiger partial charge in [0.05, 0.1) is 19.2 Å². The van der Waals surface area contributed by atoms with Crippen molar-refractivity contribution in [1.82, 2.24) is 9.78 Å². The molecule has 0 saturated heterocycles. The van der Waals surface area contributed by atoms with Crippen LogP contribution in [0.15, 0.2) is 6.07 Å². The van der Waals surface area contributed by atoms with Gasteiger partial charge in [-0.25, -0.2) is 0 Å². The van der Waals surface area contributed by atoms with Crippen molar-refractivity contribution in [2.75, 3.05) is 13.7 Å². The van der Waals surface area contributed by atoms with Gasteiger partial charge in [-0.05, 0) is 13.0 Å². The lowest BCUT2D eigenvalue weighted by atomic mass is 10.0. The molecule has 0 saturated carbocycles. The summed E-state index contributed by atoms with van der Waals surface area (Å²) in [7, 11) is 3.23. The minimum Gasteiger partial charge on any atom is -0.469 e. The third-order valence-electron chi connectivity index (χ3n) is 2.38. The van der Waals surface area contributed by atoms with Crippen molar-refractivity contribution in [2.24, 2.45) is 12.8 Å². The summed E-state index contributed by atoms with van der Waals surface area (Å²) < 4.78 is 6.39. The van der Waals surface area contributed by atoms with Crippen molar-refractivity contribution in [3.05, 3.63) is 17.5 Å². The summed E-state index contributed by atoms with van der Waals surface area (Å²) in [6.45, 7) is 2.32. The Morgan fingerprint density at radius 3 is 2.80 bits per heavy atom. The summed E-state index contributed by atoms with van der Waals surface area (Å²) in [5, 5.41) is 4.22. The van der Waals surface area contributed by atoms with Crippen LogP contribution < -0.4 is 5.73 Å². The zero-order chi connectivity index (χ0) is 11.4. The van der Waals surface area contributed by atoms with Crippen molar-refractivity contribution < 1.29 is 9.53 Å². The van der Waals surface area contributed by atoms with Crippen molar-refractivity contribution in [3.8, 4) is 0 Å². The van der Waals surface area contributed by atoms with Crippen LogP contribution in [0.1, 0.15) is 23.7 Å². The van der Waals surface area contributed by atoms with E-state index in [-0.39, 0.29) is 11.9 Å². The number of hydrogen-bond donors (Lipinski definition) is 1. The Morgan fingerprint density at radius 1 is 1.73 bits per heavy atom. The molecule has 0 aromatic carbocycles. The number of hydrogen-bond acceptors (Lipinski definition) is 4. The van der Waals surface area contributed by atoms with E-state index in [1.54, 1.807) is 4.68 Å². The first-order valence-electron chi connectivity index (χ1n) is 4.86. The number of nitrogens with zero attached hydrogens (tertiary/aromatic N) is 2. The van der Waals surface area contributed by atoms with E-state index < -0.39 is 0 Å². The van der Waals surface area contributed by atoms with Crippen LogP contribution in [-0.2, 0) is 16.6 Å². The third kappa shape index (κ3) is 2.79. The maximum Gasteiger partial charge on any atom is 0.306 e. The van der Waals surface area contributed by atoms with E-state index in [2.05, 4.69) is 9.84 Å². The van der Waals surface area contributed by atoms with Crippen LogP contribution in [0.4, 0.5) is 0 Å². The van der Waals surface area contributed by atoms with E-state index in [4.69, 9.17) is 5.73 Å². The molecule has 0 aliphatic rings. The maximum absolute atomic E-state index is 11.2. The predicted molar refractivity (Wildman–Crippen MR) is 56.4 cm³/mol. The van der Waals surface area contributed by atoms with Gasteiger partial charge in [0.15, 0.2) is 0 Å². The van der Waals surface area contributed by atoms with Gasteiger partial charge in [-0.1, -0.05) is 0 Å². The Morgan fingerprint density at radius 2 is 2.40 bits per heavy atom. The van der Waals surface area contributed by atoms with Crippen LogP contribution in [0, 0.1) is 6.92 Å². The fourth-order valence-corrected chi connectivity index (χ4v) is 1.61. The zero-order valence-corrected chi connectivity index (χ0v) is 9.36. The van der Waals surface area contributed by atoms with Crippen LogP contribution in [0.2, 0.25) is 0 Å². The molecule has 1 heterocycles. The summed E-state index contributed by atoms with van der Waals surface area (Å²) in [4.78, 5) is 11.2. The molecular formula is C10H17N3O2. The fourth-order valence-electron chi connectivity index (χ4n) is 1.61. The van der Waals surface area contributed by atoms with Gasteiger partial charge in [-0.3, -0.25) is 9.48 Å². The van der Waals surface area contributed by atoms with Crippen LogP contribution in [-0.4, -0.2) is 29.4 Å². The number of carbonyl (C=O) groups is 1. The zero-order valence-electron chi connectivity index (χ0n) is 9.36. The average Bonchev–Trinajstić information content (AvgIpc) is 2.54. The molecular weight excluding hydrogens is 194 g/mol. The van der Waals surface area contributed by atoms with Gasteiger partial charge in [0, 0.05) is 25.2 Å². The van der Waals surface area contributed by atoms with Gasteiger partial charge in [0.25, 0.3) is 0 Å². The highest BCUT2D eigenvalue weighted by molar-refractivity contribution is 5.70. The number of aromatic nitrogens is 2. The molecule has 0 amide bonds. The summed E-state index contributed by atoms with van der Waals surface area (Å²) in [6, 6.07) is 1.94. The molecule has 0 bridgehead atoms. The highest BCUT2D eigenvalue weighted by atomic mass is 16.5. The van der Waals surface area contributed by atoms with Crippen LogP contribution in [0.3, 0.4) is 0 Å². The monoisotopic (exact) mass is 211 g/mol. The molecule has 5 heteroatoms. The first kappa shape index (κ1) is 11.7. The molecule has 1 atom stereocenters. The lowest BCUT2D eigenvalue weighted by Crippen LogP contribution is -2.19. The number of esters is 1. The van der Waals surface area contributed by atoms with Crippen LogP contribution in [0.5, 0.6) is 0 Å². The molecule has 15 heavy (non-hydrogen) atoms. The average molecular weight is 211 g/mol. The van der Waals surface area contributed by atoms with Crippen molar-refractivity contribution in [3.63, 3.8) is 0 Å². The smallest absolute Gasteiger partial charge is 0.306 e. The maximum atomic E-state index is 11.2. The summed E-state index contributed by atoms with van der Waals surface area (Å²) in [5.41, 5.74) is 7.54. The second kappa shape index (κ2) is 4.93. The Balaban J connectivity index is 2.82. The topological polar surface area (TPSA) is 70.1 Å². The molecule has 0 fully saturated rings. The summed E-state index contributed by atoms with van der Waals surface area (Å²) in [5.74, 6) is -0.270. The summed E-state index contributed by atoms with van der Waals surface area (Å²) in [6.07, 6.45) is 0.298. The quantitative estimate of drug-likeness (QED) is 0.729. The molecule has 0 aliphatic carbocycles. The molecule has 0 aliphatic heterocycles. The second-order valence-electron chi connectivity index (χ2n) is 3.55. The highest BCUT2D eigenvalue weighted by Gasteiger charge is 2.18. The van der Waals surface area contributed by atoms with Crippen molar-refractivity contribution in [2.45, 2.75) is 19.3 Å². The van der Waals surface area contributed by atoms with E-state index in [0.29, 0.717) is 13.0 Å². The molecule has 1 aromatic heterocycles. The largest absolute Gasteiger partial charge is 0.469 e. The standard InChI is InChI=1S/C10H17N3O2/c1-7-4-9(13(2)12-7)8(6-11)5-10(14)15-3/h4,8H,5-6,11H2,1-3H3. The number of methoxy groups -OCH3 is 1. The fraction of sp³-hybridized carbons (Fsp3) is 0.600. The van der Waals surface area contributed by atoms with Gasteiger partial charge in [-0.2, -0.15) is 5.10 Å². The molecule has 0 spiro atoms. The second-order valence-corrected chi connectivity index (χ2v) is 3.55. The first-order chi connectivity index (χ1) is 7.08. The van der Waals surface area contributed by atoms with E-state index in [9.17, 15) is 4.79 Å². The lowest BCUT2D eigenvalue weighted by Gasteiger charge is -2.13. The molecule has 1 aromatic rings. The van der Waals surface area contributed by atoms with Gasteiger partial charge >= 0.3 is 5.97 Å². The molecule has 1 unspecified atom stereocenters. The number of ether oxygens (including phenoxy) is 1. The molecule has 5 nitrogen and oxygen atoms in total. The van der Waals surface area contributed by atoms with Gasteiger partial charge in [0.2, 0.25) is 0 Å². The molecule has 1 rings (SSSR count). The SMILES string of the molecule is COC(=O)CC(CN)c1cc(C)nn1C. The van der Waals surface area contributed by atoms with Crippen LogP contribution in [0.25, 0.3) is 0 Å². The Kier molecular flexibility index (Phi) is 3.85. The van der Waals surface area contributed by atoms with E-state index in [1.807, 2.05) is 20.0 Å². The van der Waals surface area contributed by atoms with E-state index in [0.717, 1.165) is 11.4 Å². The number of rotatable bonds is 4. The molecule has 0 radical (unpaired) electrons. The number of nitrogens with two attached hydrogens (primary N) is 1.